The molecule has 0 saturated carbocycles. The second-order valence-electron chi connectivity index (χ2n) is 3.88. The molecule has 0 unspecified atom stereocenters. The molecule has 0 fully saturated rings. The molecule has 0 spiro atoms. The average molecular weight is 232 g/mol. The van der Waals surface area contributed by atoms with Crippen LogP contribution in [0.1, 0.15) is 11.1 Å². The Balaban J connectivity index is 2.04. The average Bonchev–Trinajstić information content (AvgIpc) is 2.30. The van der Waals surface area contributed by atoms with E-state index in [0.717, 1.165) is 11.6 Å². The third-order valence-corrected chi connectivity index (χ3v) is 2.45. The fourth-order valence-corrected chi connectivity index (χ4v) is 1.45. The lowest BCUT2D eigenvalue weighted by Gasteiger charge is -2.07. The van der Waals surface area contributed by atoms with E-state index in [1.165, 1.54) is 12.1 Å². The zero-order valence-electron chi connectivity index (χ0n) is 9.48. The Labute approximate surface area is 99.3 Å². The number of rotatable bonds is 3. The molecule has 0 radical (unpaired) electrons. The molecule has 0 aliphatic carbocycles. The Morgan fingerprint density at radius 1 is 1.12 bits per heavy atom. The van der Waals surface area contributed by atoms with Gasteiger partial charge in [0.05, 0.1) is 0 Å². The summed E-state index contributed by atoms with van der Waals surface area (Å²) >= 11 is 0. The number of ether oxygens (including phenoxy) is 1. The van der Waals surface area contributed by atoms with Crippen LogP contribution >= 0.6 is 0 Å². The molecular formula is C14H13FO2. The van der Waals surface area contributed by atoms with Crippen molar-refractivity contribution in [1.29, 1.82) is 0 Å². The van der Waals surface area contributed by atoms with Crippen LogP contribution in [0.3, 0.4) is 0 Å². The first-order valence-electron chi connectivity index (χ1n) is 5.32. The highest BCUT2D eigenvalue weighted by molar-refractivity contribution is 5.29. The van der Waals surface area contributed by atoms with Gasteiger partial charge in [-0.3, -0.25) is 0 Å². The first-order chi connectivity index (χ1) is 8.15. The van der Waals surface area contributed by atoms with E-state index in [0.29, 0.717) is 11.3 Å². The third kappa shape index (κ3) is 2.97. The number of phenols is 1. The normalized spacial score (nSPS) is 10.2. The fraction of sp³-hybridized carbons (Fsp3) is 0.143. The van der Waals surface area contributed by atoms with Gasteiger partial charge in [0, 0.05) is 11.6 Å². The van der Waals surface area contributed by atoms with Crippen molar-refractivity contribution in [1.82, 2.24) is 0 Å². The van der Waals surface area contributed by atoms with E-state index >= 15 is 0 Å². The van der Waals surface area contributed by atoms with Crippen LogP contribution in [-0.2, 0) is 6.61 Å². The van der Waals surface area contributed by atoms with Crippen LogP contribution in [0.15, 0.2) is 42.5 Å². The second-order valence-corrected chi connectivity index (χ2v) is 3.88. The topological polar surface area (TPSA) is 29.5 Å². The van der Waals surface area contributed by atoms with Crippen molar-refractivity contribution in [3.63, 3.8) is 0 Å². The van der Waals surface area contributed by atoms with Crippen LogP contribution in [-0.4, -0.2) is 5.11 Å². The molecule has 0 amide bonds. The van der Waals surface area contributed by atoms with Crippen molar-refractivity contribution in [2.75, 3.05) is 0 Å². The van der Waals surface area contributed by atoms with Gasteiger partial charge in [-0.05, 0) is 31.2 Å². The Morgan fingerprint density at radius 3 is 2.47 bits per heavy atom. The lowest BCUT2D eigenvalue weighted by Crippen LogP contribution is -1.98. The van der Waals surface area contributed by atoms with E-state index in [1.807, 2.05) is 31.2 Å². The monoisotopic (exact) mass is 232 g/mol. The number of aromatic hydroxyl groups is 1. The molecule has 3 heteroatoms. The van der Waals surface area contributed by atoms with E-state index in [2.05, 4.69) is 0 Å². The molecule has 2 aromatic rings. The van der Waals surface area contributed by atoms with Gasteiger partial charge in [0.1, 0.15) is 23.9 Å². The summed E-state index contributed by atoms with van der Waals surface area (Å²) in [5.74, 6) is 0.154. The van der Waals surface area contributed by atoms with Crippen LogP contribution in [0, 0.1) is 12.7 Å². The molecule has 0 aliphatic heterocycles. The molecule has 2 nitrogen and oxygen atoms in total. The molecular weight excluding hydrogens is 219 g/mol. The van der Waals surface area contributed by atoms with Gasteiger partial charge < -0.3 is 9.84 Å². The molecule has 0 saturated heterocycles. The quantitative estimate of drug-likeness (QED) is 0.878. The fourth-order valence-electron chi connectivity index (χ4n) is 1.45. The molecule has 88 valence electrons. The minimum Gasteiger partial charge on any atom is -0.508 e. The summed E-state index contributed by atoms with van der Waals surface area (Å²) < 4.78 is 18.8. The van der Waals surface area contributed by atoms with Gasteiger partial charge in [0.2, 0.25) is 0 Å². The minimum atomic E-state index is -0.461. The first-order valence-corrected chi connectivity index (χ1v) is 5.32. The zero-order valence-corrected chi connectivity index (χ0v) is 9.48. The summed E-state index contributed by atoms with van der Waals surface area (Å²) in [7, 11) is 0. The lowest BCUT2D eigenvalue weighted by atomic mass is 10.2. The molecule has 2 rings (SSSR count). The Bertz CT molecular complexity index is 506. The van der Waals surface area contributed by atoms with Gasteiger partial charge in [-0.25, -0.2) is 4.39 Å². The van der Waals surface area contributed by atoms with Gasteiger partial charge in [-0.2, -0.15) is 0 Å². The SMILES string of the molecule is Cc1ccc(OCc2ccc(O)cc2F)cc1. The summed E-state index contributed by atoms with van der Waals surface area (Å²) in [6, 6.07) is 11.6. The summed E-state index contributed by atoms with van der Waals surface area (Å²) in [5, 5.41) is 9.07. The van der Waals surface area contributed by atoms with Crippen molar-refractivity contribution in [3.05, 3.63) is 59.4 Å². The first kappa shape index (κ1) is 11.5. The van der Waals surface area contributed by atoms with Crippen molar-refractivity contribution in [2.24, 2.45) is 0 Å². The molecule has 0 bridgehead atoms. The van der Waals surface area contributed by atoms with Crippen LogP contribution in [0.25, 0.3) is 0 Å². The van der Waals surface area contributed by atoms with Crippen molar-refractivity contribution < 1.29 is 14.2 Å². The van der Waals surface area contributed by atoms with Crippen molar-refractivity contribution >= 4 is 0 Å². The van der Waals surface area contributed by atoms with E-state index in [1.54, 1.807) is 0 Å². The number of aryl methyl sites for hydroxylation is 1. The number of benzene rings is 2. The number of hydrogen-bond acceptors (Lipinski definition) is 2. The van der Waals surface area contributed by atoms with Gasteiger partial charge in [-0.1, -0.05) is 17.7 Å². The highest BCUT2D eigenvalue weighted by Crippen LogP contribution is 2.18. The minimum absolute atomic E-state index is 0.0819. The Hall–Kier alpha value is -2.03. The largest absolute Gasteiger partial charge is 0.508 e. The Kier molecular flexibility index (Phi) is 3.28. The van der Waals surface area contributed by atoms with E-state index < -0.39 is 5.82 Å². The van der Waals surface area contributed by atoms with Crippen molar-refractivity contribution in [2.45, 2.75) is 13.5 Å². The van der Waals surface area contributed by atoms with Crippen LogP contribution < -0.4 is 4.74 Å². The number of phenolic OH excluding ortho intramolecular Hbond substituents is 1. The maximum absolute atomic E-state index is 13.4. The highest BCUT2D eigenvalue weighted by Gasteiger charge is 2.04. The second kappa shape index (κ2) is 4.87. The third-order valence-electron chi connectivity index (χ3n) is 2.45. The van der Waals surface area contributed by atoms with E-state index in [4.69, 9.17) is 9.84 Å². The molecule has 0 aliphatic rings. The highest BCUT2D eigenvalue weighted by atomic mass is 19.1. The summed E-state index contributed by atoms with van der Waals surface area (Å²) in [6.45, 7) is 2.14. The van der Waals surface area contributed by atoms with Gasteiger partial charge in [0.15, 0.2) is 0 Å². The molecule has 1 N–H and O–H groups in total. The molecule has 0 atom stereocenters. The van der Waals surface area contributed by atoms with Gasteiger partial charge in [-0.15, -0.1) is 0 Å². The summed E-state index contributed by atoms with van der Waals surface area (Å²) in [4.78, 5) is 0. The number of hydrogen-bond donors (Lipinski definition) is 1. The molecule has 2 aromatic carbocycles. The summed E-state index contributed by atoms with van der Waals surface area (Å²) in [6.07, 6.45) is 0. The van der Waals surface area contributed by atoms with Crippen LogP contribution in [0.5, 0.6) is 11.5 Å². The van der Waals surface area contributed by atoms with Crippen LogP contribution in [0.4, 0.5) is 4.39 Å². The van der Waals surface area contributed by atoms with E-state index in [9.17, 15) is 4.39 Å². The van der Waals surface area contributed by atoms with Crippen LogP contribution in [0.2, 0.25) is 0 Å². The van der Waals surface area contributed by atoms with Gasteiger partial charge >= 0.3 is 0 Å². The zero-order chi connectivity index (χ0) is 12.3. The lowest BCUT2D eigenvalue weighted by molar-refractivity contribution is 0.299. The van der Waals surface area contributed by atoms with Gasteiger partial charge in [0.25, 0.3) is 0 Å². The van der Waals surface area contributed by atoms with Crippen molar-refractivity contribution in [3.8, 4) is 11.5 Å². The maximum Gasteiger partial charge on any atom is 0.133 e. The predicted octanol–water partition coefficient (Wildman–Crippen LogP) is 3.42. The smallest absolute Gasteiger partial charge is 0.133 e. The molecule has 17 heavy (non-hydrogen) atoms. The molecule has 0 heterocycles. The molecule has 0 aromatic heterocycles. The van der Waals surface area contributed by atoms with E-state index in [-0.39, 0.29) is 12.4 Å². The predicted molar refractivity (Wildman–Crippen MR) is 63.6 cm³/mol. The summed E-state index contributed by atoms with van der Waals surface area (Å²) in [5.41, 5.74) is 1.57. The maximum atomic E-state index is 13.4. The standard InChI is InChI=1S/C14H13FO2/c1-10-2-6-13(7-3-10)17-9-11-4-5-12(16)8-14(11)15/h2-8,16H,9H2,1H3. The Morgan fingerprint density at radius 2 is 1.82 bits per heavy atom. The number of halogens is 1.